The highest BCUT2D eigenvalue weighted by Crippen LogP contribution is 2.23. The number of sulfonamides is 1. The van der Waals surface area contributed by atoms with Crippen LogP contribution in [0.4, 0.5) is 0 Å². The van der Waals surface area contributed by atoms with E-state index in [1.165, 1.54) is 24.3 Å². The van der Waals surface area contributed by atoms with Crippen LogP contribution in [0.2, 0.25) is 0 Å². The Balaban J connectivity index is 1.68. The molecule has 9 heteroatoms. The van der Waals surface area contributed by atoms with Gasteiger partial charge in [-0.15, -0.1) is 0 Å². The van der Waals surface area contributed by atoms with Crippen LogP contribution in [-0.2, 0) is 24.3 Å². The molecule has 2 N–H and O–H groups in total. The summed E-state index contributed by atoms with van der Waals surface area (Å²) >= 11 is 0. The molecule has 1 saturated carbocycles. The van der Waals surface area contributed by atoms with E-state index in [0.29, 0.717) is 5.56 Å². The summed E-state index contributed by atoms with van der Waals surface area (Å²) in [5.41, 5.74) is 0.441. The lowest BCUT2D eigenvalue weighted by Crippen LogP contribution is -2.36. The largest absolute Gasteiger partial charge is 0.446 e. The minimum absolute atomic E-state index is 0.0423. The van der Waals surface area contributed by atoms with Crippen LogP contribution in [0.3, 0.4) is 0 Å². The molecule has 0 heterocycles. The van der Waals surface area contributed by atoms with E-state index in [2.05, 4.69) is 10.0 Å². The number of hydrogen-bond donors (Lipinski definition) is 2. The fraction of sp³-hybridized carbons (Fsp3) is 0.250. The lowest BCUT2D eigenvalue weighted by Gasteiger charge is -2.18. The van der Waals surface area contributed by atoms with Gasteiger partial charge in [-0.1, -0.05) is 42.5 Å². The van der Waals surface area contributed by atoms with Crippen LogP contribution in [0.25, 0.3) is 0 Å². The highest BCUT2D eigenvalue weighted by Gasteiger charge is 2.31. The van der Waals surface area contributed by atoms with Gasteiger partial charge in [0.15, 0.2) is 0 Å². The van der Waals surface area contributed by atoms with Gasteiger partial charge in [0.25, 0.3) is 5.91 Å². The molecule has 150 valence electrons. The van der Waals surface area contributed by atoms with E-state index in [0.717, 1.165) is 12.8 Å². The van der Waals surface area contributed by atoms with E-state index in [9.17, 15) is 18.0 Å². The van der Waals surface area contributed by atoms with Gasteiger partial charge in [0.1, 0.15) is 12.6 Å². The molecule has 1 amide bonds. The lowest BCUT2D eigenvalue weighted by atomic mass is 10.1. The Bertz CT molecular complexity index is 1040. The maximum Gasteiger partial charge on any atom is 0.322 e. The van der Waals surface area contributed by atoms with Crippen LogP contribution in [0.5, 0.6) is 0 Å². The van der Waals surface area contributed by atoms with Crippen molar-refractivity contribution in [3.8, 4) is 6.07 Å². The molecule has 0 saturated heterocycles. The van der Waals surface area contributed by atoms with E-state index in [4.69, 9.17) is 10.00 Å². The first-order valence-electron chi connectivity index (χ1n) is 8.94. The number of esters is 1. The van der Waals surface area contributed by atoms with Crippen molar-refractivity contribution in [2.45, 2.75) is 29.9 Å². The van der Waals surface area contributed by atoms with E-state index >= 15 is 0 Å². The normalized spacial score (nSPS) is 14.4. The fourth-order valence-corrected chi connectivity index (χ4v) is 3.73. The van der Waals surface area contributed by atoms with Crippen molar-refractivity contribution < 1.29 is 22.7 Å². The molecule has 0 unspecified atom stereocenters. The first-order valence-corrected chi connectivity index (χ1v) is 10.4. The van der Waals surface area contributed by atoms with Gasteiger partial charge in [-0.05, 0) is 25.0 Å². The van der Waals surface area contributed by atoms with Gasteiger partial charge >= 0.3 is 5.97 Å². The van der Waals surface area contributed by atoms with Crippen LogP contribution in [0.15, 0.2) is 59.5 Å². The molecule has 8 nitrogen and oxygen atoms in total. The third-order valence-electron chi connectivity index (χ3n) is 4.22. The van der Waals surface area contributed by atoms with Crippen LogP contribution in [0, 0.1) is 11.3 Å². The van der Waals surface area contributed by atoms with E-state index < -0.39 is 34.5 Å². The van der Waals surface area contributed by atoms with Gasteiger partial charge in [0.2, 0.25) is 16.1 Å². The number of hydrogen-bond acceptors (Lipinski definition) is 6. The molecule has 1 aliphatic rings. The van der Waals surface area contributed by atoms with E-state index in [1.807, 2.05) is 0 Å². The Morgan fingerprint density at radius 1 is 1.10 bits per heavy atom. The highest BCUT2D eigenvalue weighted by molar-refractivity contribution is 7.89. The summed E-state index contributed by atoms with van der Waals surface area (Å²) in [5.74, 6) is -1.37. The maximum atomic E-state index is 12.5. The zero-order valence-electron chi connectivity index (χ0n) is 15.4. The molecule has 3 rings (SSSR count). The summed E-state index contributed by atoms with van der Waals surface area (Å²) in [5, 5.41) is 11.8. The van der Waals surface area contributed by atoms with Crippen LogP contribution < -0.4 is 10.0 Å². The van der Waals surface area contributed by atoms with Crippen molar-refractivity contribution in [2.24, 2.45) is 0 Å². The quantitative estimate of drug-likeness (QED) is 0.630. The van der Waals surface area contributed by atoms with Gasteiger partial charge in [-0.25, -0.2) is 8.42 Å². The van der Waals surface area contributed by atoms with Crippen LogP contribution in [-0.4, -0.2) is 32.9 Å². The minimum atomic E-state index is -4.10. The molecule has 2 aromatic carbocycles. The van der Waals surface area contributed by atoms with E-state index in [-0.39, 0.29) is 16.5 Å². The van der Waals surface area contributed by atoms with Crippen molar-refractivity contribution >= 4 is 21.9 Å². The van der Waals surface area contributed by atoms with Gasteiger partial charge in [0.05, 0.1) is 10.5 Å². The minimum Gasteiger partial charge on any atom is -0.446 e. The molecule has 0 bridgehead atoms. The number of benzene rings is 2. The molecule has 0 aromatic heterocycles. The summed E-state index contributed by atoms with van der Waals surface area (Å²) in [6.07, 6.45) is 0.568. The molecule has 0 aliphatic heterocycles. The number of amides is 1. The average Bonchev–Trinajstić information content (AvgIpc) is 3.55. The lowest BCUT2D eigenvalue weighted by molar-refractivity contribution is -0.155. The fourth-order valence-electron chi connectivity index (χ4n) is 2.60. The number of carbonyl (C=O) groups is 2. The molecular formula is C20H19N3O5S. The second kappa shape index (κ2) is 8.86. The molecule has 0 spiro atoms. The van der Waals surface area contributed by atoms with Crippen molar-refractivity contribution in [2.75, 3.05) is 6.54 Å². The molecule has 2 aromatic rings. The summed E-state index contributed by atoms with van der Waals surface area (Å²) in [6, 6.07) is 16.0. The predicted octanol–water partition coefficient (Wildman–Crippen LogP) is 1.40. The summed E-state index contributed by atoms with van der Waals surface area (Å²) in [4.78, 5) is 24.5. The second-order valence-corrected chi connectivity index (χ2v) is 8.23. The zero-order chi connectivity index (χ0) is 20.9. The molecule has 1 aliphatic carbocycles. The van der Waals surface area contributed by atoms with Gasteiger partial charge in [-0.2, -0.15) is 9.98 Å². The van der Waals surface area contributed by atoms with Crippen molar-refractivity contribution in [1.82, 2.24) is 10.0 Å². The Kier molecular flexibility index (Phi) is 6.26. The maximum absolute atomic E-state index is 12.5. The Hall–Kier alpha value is -3.22. The number of rotatable bonds is 8. The molecule has 29 heavy (non-hydrogen) atoms. The Morgan fingerprint density at radius 3 is 2.41 bits per heavy atom. The number of nitrogens with one attached hydrogen (secondary N) is 2. The monoisotopic (exact) mass is 413 g/mol. The smallest absolute Gasteiger partial charge is 0.322 e. The van der Waals surface area contributed by atoms with E-state index in [1.54, 1.807) is 36.4 Å². The topological polar surface area (TPSA) is 125 Å². The first kappa shape index (κ1) is 20.5. The number of nitriles is 1. The highest BCUT2D eigenvalue weighted by atomic mass is 32.2. The van der Waals surface area contributed by atoms with Gasteiger partial charge in [0, 0.05) is 11.6 Å². The predicted molar refractivity (Wildman–Crippen MR) is 103 cm³/mol. The first-order chi connectivity index (χ1) is 13.9. The zero-order valence-corrected chi connectivity index (χ0v) is 16.2. The summed E-state index contributed by atoms with van der Waals surface area (Å²) in [6.45, 7) is -0.678. The SMILES string of the molecule is N#Cc1ccccc1S(=O)(=O)NCC(=O)O[C@@H](C(=O)NC1CC1)c1ccccc1. The second-order valence-electron chi connectivity index (χ2n) is 6.50. The molecular weight excluding hydrogens is 394 g/mol. The molecule has 0 radical (unpaired) electrons. The van der Waals surface area contributed by atoms with Crippen LogP contribution in [0.1, 0.15) is 30.1 Å². The van der Waals surface area contributed by atoms with Gasteiger partial charge in [-0.3, -0.25) is 9.59 Å². The number of ether oxygens (including phenoxy) is 1. The van der Waals surface area contributed by atoms with Crippen molar-refractivity contribution in [1.29, 1.82) is 5.26 Å². The third-order valence-corrected chi connectivity index (χ3v) is 5.68. The number of carbonyl (C=O) groups excluding carboxylic acids is 2. The Morgan fingerprint density at radius 2 is 1.76 bits per heavy atom. The molecule has 1 atom stereocenters. The molecule has 1 fully saturated rings. The third kappa shape index (κ3) is 5.40. The Labute approximate surface area is 168 Å². The van der Waals surface area contributed by atoms with Crippen molar-refractivity contribution in [3.05, 3.63) is 65.7 Å². The van der Waals surface area contributed by atoms with Crippen molar-refractivity contribution in [3.63, 3.8) is 0 Å². The standard InChI is InChI=1S/C20H19N3O5S/c21-12-15-8-4-5-9-17(15)29(26,27)22-13-18(24)28-19(14-6-2-1-3-7-14)20(25)23-16-10-11-16/h1-9,16,19,22H,10-11,13H2,(H,23,25)/t19-/m1/s1. The van der Waals surface area contributed by atoms with Crippen LogP contribution >= 0.6 is 0 Å². The van der Waals surface area contributed by atoms with Gasteiger partial charge < -0.3 is 10.1 Å². The number of nitrogens with zero attached hydrogens (tertiary/aromatic N) is 1. The summed E-state index contributed by atoms with van der Waals surface area (Å²) in [7, 11) is -4.10. The summed E-state index contributed by atoms with van der Waals surface area (Å²) < 4.78 is 32.2. The average molecular weight is 413 g/mol.